The summed E-state index contributed by atoms with van der Waals surface area (Å²) in [5, 5.41) is 0. The Labute approximate surface area is 136 Å². The van der Waals surface area contributed by atoms with E-state index in [2.05, 4.69) is 31.9 Å². The number of carbonyl (C=O) groups excluding carboxylic acids is 1. The molecule has 1 aromatic carbocycles. The van der Waals surface area contributed by atoms with Gasteiger partial charge in [0.05, 0.1) is 19.3 Å². The summed E-state index contributed by atoms with van der Waals surface area (Å²) < 4.78 is 12.0. The van der Waals surface area contributed by atoms with E-state index in [1.165, 1.54) is 0 Å². The molecular formula is C14H19Br2NO3. The highest BCUT2D eigenvalue weighted by Gasteiger charge is 2.21. The molecule has 6 heteroatoms. The van der Waals surface area contributed by atoms with E-state index in [0.29, 0.717) is 25.3 Å². The van der Waals surface area contributed by atoms with Crippen LogP contribution in [0.2, 0.25) is 0 Å². The van der Waals surface area contributed by atoms with Gasteiger partial charge in [-0.25, -0.2) is 0 Å². The summed E-state index contributed by atoms with van der Waals surface area (Å²) in [6, 6.07) is 5.51. The Morgan fingerprint density at radius 3 is 2.30 bits per heavy atom. The number of methoxy groups -OCH3 is 2. The van der Waals surface area contributed by atoms with Crippen molar-refractivity contribution in [3.05, 3.63) is 32.7 Å². The lowest BCUT2D eigenvalue weighted by molar-refractivity contribution is 0.0479. The fourth-order valence-corrected chi connectivity index (χ4v) is 3.18. The van der Waals surface area contributed by atoms with Crippen LogP contribution < -0.4 is 0 Å². The molecule has 1 unspecified atom stereocenters. The van der Waals surface area contributed by atoms with Gasteiger partial charge in [-0.1, -0.05) is 31.9 Å². The maximum absolute atomic E-state index is 12.6. The van der Waals surface area contributed by atoms with Crippen molar-refractivity contribution in [2.24, 2.45) is 0 Å². The second-order valence-corrected chi connectivity index (χ2v) is 6.29. The molecule has 0 bridgehead atoms. The molecule has 0 aromatic heterocycles. The average Bonchev–Trinajstić information content (AvgIpc) is 2.38. The van der Waals surface area contributed by atoms with E-state index in [0.717, 1.165) is 8.95 Å². The van der Waals surface area contributed by atoms with Gasteiger partial charge in [0.2, 0.25) is 0 Å². The summed E-state index contributed by atoms with van der Waals surface area (Å²) in [4.78, 5) is 14.4. The Hall–Kier alpha value is -0.430. The number of amides is 1. The quantitative estimate of drug-likeness (QED) is 0.694. The third-order valence-corrected chi connectivity index (χ3v) is 3.76. The normalized spacial score (nSPS) is 12.2. The zero-order valence-electron chi connectivity index (χ0n) is 11.9. The van der Waals surface area contributed by atoms with E-state index in [1.54, 1.807) is 19.1 Å². The summed E-state index contributed by atoms with van der Waals surface area (Å²) >= 11 is 6.80. The molecule has 0 radical (unpaired) electrons. The predicted octanol–water partition coefficient (Wildman–Crippen LogP) is 3.34. The maximum Gasteiger partial charge on any atom is 0.254 e. The molecule has 1 aromatic rings. The molecule has 4 nitrogen and oxygen atoms in total. The number of halogens is 2. The van der Waals surface area contributed by atoms with Gasteiger partial charge >= 0.3 is 0 Å². The summed E-state index contributed by atoms with van der Waals surface area (Å²) in [7, 11) is 3.25. The Kier molecular flexibility index (Phi) is 7.72. The first-order valence-corrected chi connectivity index (χ1v) is 7.83. The zero-order chi connectivity index (χ0) is 15.1. The van der Waals surface area contributed by atoms with Gasteiger partial charge in [-0.3, -0.25) is 4.79 Å². The van der Waals surface area contributed by atoms with Crippen molar-refractivity contribution in [3.63, 3.8) is 0 Å². The molecule has 0 aliphatic rings. The smallest absolute Gasteiger partial charge is 0.254 e. The van der Waals surface area contributed by atoms with Crippen LogP contribution in [0.3, 0.4) is 0 Å². The third-order valence-electron chi connectivity index (χ3n) is 2.85. The third kappa shape index (κ3) is 5.16. The molecule has 0 aliphatic heterocycles. The molecule has 0 fully saturated rings. The first-order chi connectivity index (χ1) is 9.49. The molecule has 1 amide bonds. The molecule has 0 saturated carbocycles. The van der Waals surface area contributed by atoms with Crippen LogP contribution in [0.5, 0.6) is 0 Å². The Bertz CT molecular complexity index is 434. The first-order valence-electron chi connectivity index (χ1n) is 6.24. The van der Waals surface area contributed by atoms with Crippen LogP contribution in [0.4, 0.5) is 0 Å². The highest BCUT2D eigenvalue weighted by molar-refractivity contribution is 9.11. The van der Waals surface area contributed by atoms with E-state index in [4.69, 9.17) is 9.47 Å². The highest BCUT2D eigenvalue weighted by Crippen LogP contribution is 2.21. The number of hydrogen-bond acceptors (Lipinski definition) is 3. The van der Waals surface area contributed by atoms with Crippen molar-refractivity contribution in [2.75, 3.05) is 34.0 Å². The van der Waals surface area contributed by atoms with Crippen LogP contribution in [0, 0.1) is 0 Å². The standard InChI is InChI=1S/C14H19Br2NO3/c1-10(9-20-3)17(4-5-19-2)14(18)11-6-12(15)8-13(16)7-11/h6-8,10H,4-5,9H2,1-3H3. The SMILES string of the molecule is COCCN(C(=O)c1cc(Br)cc(Br)c1)C(C)COC. The van der Waals surface area contributed by atoms with Crippen molar-refractivity contribution in [1.29, 1.82) is 0 Å². The topological polar surface area (TPSA) is 38.8 Å². The summed E-state index contributed by atoms with van der Waals surface area (Å²) in [6.07, 6.45) is 0. The maximum atomic E-state index is 12.6. The number of ether oxygens (including phenoxy) is 2. The van der Waals surface area contributed by atoms with Crippen molar-refractivity contribution in [1.82, 2.24) is 4.90 Å². The van der Waals surface area contributed by atoms with Gasteiger partial charge in [0.15, 0.2) is 0 Å². The van der Waals surface area contributed by atoms with Gasteiger partial charge in [0.1, 0.15) is 0 Å². The molecule has 0 spiro atoms. The lowest BCUT2D eigenvalue weighted by Crippen LogP contribution is -2.43. The van der Waals surface area contributed by atoms with Crippen LogP contribution >= 0.6 is 31.9 Å². The number of hydrogen-bond donors (Lipinski definition) is 0. The van der Waals surface area contributed by atoms with Gasteiger partial charge in [0.25, 0.3) is 5.91 Å². The minimum atomic E-state index is -0.0337. The van der Waals surface area contributed by atoms with Crippen LogP contribution in [-0.2, 0) is 9.47 Å². The van der Waals surface area contributed by atoms with E-state index in [-0.39, 0.29) is 11.9 Å². The van der Waals surface area contributed by atoms with Crippen molar-refractivity contribution >= 4 is 37.8 Å². The van der Waals surface area contributed by atoms with E-state index < -0.39 is 0 Å². The minimum Gasteiger partial charge on any atom is -0.383 e. The first kappa shape index (κ1) is 17.6. The largest absolute Gasteiger partial charge is 0.383 e. The van der Waals surface area contributed by atoms with Gasteiger partial charge in [-0.05, 0) is 25.1 Å². The minimum absolute atomic E-state index is 0.0135. The molecule has 0 aliphatic carbocycles. The molecule has 1 rings (SSSR count). The number of carbonyl (C=O) groups is 1. The Balaban J connectivity index is 2.96. The molecular weight excluding hydrogens is 390 g/mol. The summed E-state index contributed by atoms with van der Waals surface area (Å²) in [5.74, 6) is -0.0337. The summed E-state index contributed by atoms with van der Waals surface area (Å²) in [6.45, 7) is 3.48. The van der Waals surface area contributed by atoms with E-state index in [1.807, 2.05) is 25.1 Å². The predicted molar refractivity (Wildman–Crippen MR) is 86.1 cm³/mol. The zero-order valence-corrected chi connectivity index (χ0v) is 15.0. The Morgan fingerprint density at radius 2 is 1.80 bits per heavy atom. The van der Waals surface area contributed by atoms with E-state index >= 15 is 0 Å². The van der Waals surface area contributed by atoms with Gasteiger partial charge in [0, 0.05) is 35.3 Å². The fraction of sp³-hybridized carbons (Fsp3) is 0.500. The monoisotopic (exact) mass is 407 g/mol. The number of rotatable bonds is 7. The molecule has 0 N–H and O–H groups in total. The number of benzene rings is 1. The van der Waals surface area contributed by atoms with Crippen LogP contribution in [0.25, 0.3) is 0 Å². The van der Waals surface area contributed by atoms with Crippen LogP contribution in [0.1, 0.15) is 17.3 Å². The number of nitrogens with zero attached hydrogens (tertiary/aromatic N) is 1. The Morgan fingerprint density at radius 1 is 1.20 bits per heavy atom. The fourth-order valence-electron chi connectivity index (χ4n) is 1.89. The van der Waals surface area contributed by atoms with Crippen LogP contribution in [0.15, 0.2) is 27.1 Å². The highest BCUT2D eigenvalue weighted by atomic mass is 79.9. The lowest BCUT2D eigenvalue weighted by atomic mass is 10.1. The van der Waals surface area contributed by atoms with Gasteiger partial charge in [-0.15, -0.1) is 0 Å². The van der Waals surface area contributed by atoms with Gasteiger partial charge < -0.3 is 14.4 Å². The molecule has 20 heavy (non-hydrogen) atoms. The average molecular weight is 409 g/mol. The van der Waals surface area contributed by atoms with Gasteiger partial charge in [-0.2, -0.15) is 0 Å². The second kappa shape index (κ2) is 8.77. The van der Waals surface area contributed by atoms with E-state index in [9.17, 15) is 4.79 Å². The molecule has 0 saturated heterocycles. The van der Waals surface area contributed by atoms with Crippen molar-refractivity contribution in [2.45, 2.75) is 13.0 Å². The molecule has 112 valence electrons. The van der Waals surface area contributed by atoms with Crippen molar-refractivity contribution in [3.8, 4) is 0 Å². The molecule has 1 atom stereocenters. The lowest BCUT2D eigenvalue weighted by Gasteiger charge is -2.29. The second-order valence-electron chi connectivity index (χ2n) is 4.45. The summed E-state index contributed by atoms with van der Waals surface area (Å²) in [5.41, 5.74) is 0.630. The van der Waals surface area contributed by atoms with Crippen molar-refractivity contribution < 1.29 is 14.3 Å². The van der Waals surface area contributed by atoms with Crippen LogP contribution in [-0.4, -0.2) is 50.8 Å². The molecule has 0 heterocycles.